The minimum atomic E-state index is -0.438. The Bertz CT molecular complexity index is 1230. The molecule has 33 heavy (non-hydrogen) atoms. The fourth-order valence-corrected chi connectivity index (χ4v) is 5.50. The first-order valence-corrected chi connectivity index (χ1v) is 12.5. The highest BCUT2D eigenvalue weighted by atomic mass is 32.2. The summed E-state index contributed by atoms with van der Waals surface area (Å²) in [6.45, 7) is 5.73. The summed E-state index contributed by atoms with van der Waals surface area (Å²) in [6, 6.07) is 6.33. The first kappa shape index (κ1) is 23.2. The molecule has 0 spiro atoms. The minimum Gasteiger partial charge on any atom is -0.465 e. The number of thioether (sulfide) groups is 1. The standard InChI is InChI=1S/C22H25N5O4S2/c1-13(2)27-19(29)17-18(24-21(33-17)26-10-4-5-11-26)25-22(27)32-12-16(28)23-15-8-6-14(7-9-15)20(30)31-3/h6-9,13H,4-5,10-12H2,1-3H3,(H,23,28). The number of nitrogens with one attached hydrogen (secondary N) is 1. The smallest absolute Gasteiger partial charge is 0.337 e. The Morgan fingerprint density at radius 1 is 1.18 bits per heavy atom. The molecule has 11 heteroatoms. The molecule has 1 N–H and O–H groups in total. The maximum absolute atomic E-state index is 13.2. The van der Waals surface area contributed by atoms with E-state index in [1.165, 1.54) is 30.2 Å². The van der Waals surface area contributed by atoms with Gasteiger partial charge in [-0.1, -0.05) is 23.1 Å². The molecular formula is C22H25N5O4S2. The Labute approximate surface area is 199 Å². The Morgan fingerprint density at radius 3 is 2.52 bits per heavy atom. The molecule has 1 aliphatic rings. The molecule has 9 nitrogen and oxygen atoms in total. The van der Waals surface area contributed by atoms with E-state index in [-0.39, 0.29) is 23.3 Å². The Kier molecular flexibility index (Phi) is 6.99. The van der Waals surface area contributed by atoms with Crippen molar-refractivity contribution < 1.29 is 14.3 Å². The van der Waals surface area contributed by atoms with Gasteiger partial charge >= 0.3 is 5.97 Å². The van der Waals surface area contributed by atoms with Gasteiger partial charge in [0.15, 0.2) is 15.9 Å². The normalized spacial score (nSPS) is 13.6. The summed E-state index contributed by atoms with van der Waals surface area (Å²) in [5, 5.41) is 4.09. The first-order valence-electron chi connectivity index (χ1n) is 10.7. The Morgan fingerprint density at radius 2 is 1.88 bits per heavy atom. The number of amides is 1. The number of carbonyl (C=O) groups is 2. The van der Waals surface area contributed by atoms with Gasteiger partial charge in [-0.15, -0.1) is 0 Å². The molecule has 1 fully saturated rings. The number of thiazole rings is 1. The van der Waals surface area contributed by atoms with Crippen molar-refractivity contribution in [1.82, 2.24) is 14.5 Å². The number of anilines is 2. The van der Waals surface area contributed by atoms with Gasteiger partial charge in [-0.3, -0.25) is 14.2 Å². The summed E-state index contributed by atoms with van der Waals surface area (Å²) in [7, 11) is 1.32. The van der Waals surface area contributed by atoms with Crippen molar-refractivity contribution in [2.24, 2.45) is 0 Å². The van der Waals surface area contributed by atoms with E-state index in [4.69, 9.17) is 0 Å². The number of aromatic nitrogens is 3. The average Bonchev–Trinajstić information content (AvgIpc) is 3.47. The van der Waals surface area contributed by atoms with E-state index in [9.17, 15) is 14.4 Å². The van der Waals surface area contributed by atoms with Crippen LogP contribution in [-0.4, -0.2) is 52.4 Å². The van der Waals surface area contributed by atoms with Crippen molar-refractivity contribution in [3.63, 3.8) is 0 Å². The van der Waals surface area contributed by atoms with E-state index in [0.29, 0.717) is 26.8 Å². The monoisotopic (exact) mass is 487 g/mol. The van der Waals surface area contributed by atoms with Gasteiger partial charge in [-0.05, 0) is 51.0 Å². The molecule has 1 aromatic carbocycles. The van der Waals surface area contributed by atoms with Crippen LogP contribution in [-0.2, 0) is 9.53 Å². The van der Waals surface area contributed by atoms with Crippen LogP contribution in [0.3, 0.4) is 0 Å². The van der Waals surface area contributed by atoms with Crippen molar-refractivity contribution in [2.75, 3.05) is 36.2 Å². The maximum atomic E-state index is 13.2. The number of carbonyl (C=O) groups excluding carboxylic acids is 2. The number of methoxy groups -OCH3 is 1. The quantitative estimate of drug-likeness (QED) is 0.306. The number of hydrogen-bond donors (Lipinski definition) is 1. The molecule has 3 heterocycles. The summed E-state index contributed by atoms with van der Waals surface area (Å²) in [6.07, 6.45) is 2.25. The fourth-order valence-electron chi connectivity index (χ4n) is 3.59. The number of ether oxygens (including phenoxy) is 1. The van der Waals surface area contributed by atoms with Gasteiger partial charge in [0.05, 0.1) is 18.4 Å². The van der Waals surface area contributed by atoms with Crippen LogP contribution in [0.5, 0.6) is 0 Å². The van der Waals surface area contributed by atoms with E-state index in [1.807, 2.05) is 13.8 Å². The maximum Gasteiger partial charge on any atom is 0.337 e. The largest absolute Gasteiger partial charge is 0.465 e. The van der Waals surface area contributed by atoms with E-state index in [0.717, 1.165) is 31.1 Å². The van der Waals surface area contributed by atoms with E-state index in [1.54, 1.807) is 28.8 Å². The second-order valence-electron chi connectivity index (χ2n) is 7.91. The lowest BCUT2D eigenvalue weighted by Crippen LogP contribution is -2.25. The predicted molar refractivity (Wildman–Crippen MR) is 131 cm³/mol. The fraction of sp³-hybridized carbons (Fsp3) is 0.409. The molecule has 0 bridgehead atoms. The number of fused-ring (bicyclic) bond motifs is 1. The highest BCUT2D eigenvalue weighted by Gasteiger charge is 2.22. The van der Waals surface area contributed by atoms with Crippen molar-refractivity contribution in [3.05, 3.63) is 40.2 Å². The van der Waals surface area contributed by atoms with Gasteiger partial charge in [0, 0.05) is 24.8 Å². The molecule has 1 saturated heterocycles. The summed E-state index contributed by atoms with van der Waals surface area (Å²) in [5.41, 5.74) is 1.27. The number of benzene rings is 1. The summed E-state index contributed by atoms with van der Waals surface area (Å²) < 4.78 is 6.84. The van der Waals surface area contributed by atoms with Gasteiger partial charge < -0.3 is 15.0 Å². The van der Waals surface area contributed by atoms with Crippen LogP contribution in [0.2, 0.25) is 0 Å². The van der Waals surface area contributed by atoms with Crippen LogP contribution in [0.4, 0.5) is 10.8 Å². The zero-order chi connectivity index (χ0) is 23.5. The molecule has 1 aliphatic heterocycles. The number of rotatable bonds is 7. The molecule has 3 aromatic rings. The lowest BCUT2D eigenvalue weighted by molar-refractivity contribution is -0.113. The summed E-state index contributed by atoms with van der Waals surface area (Å²) in [5.74, 6) is -0.606. The SMILES string of the molecule is COC(=O)c1ccc(NC(=O)CSc2nc3nc(N4CCCC4)sc3c(=O)n2C(C)C)cc1. The van der Waals surface area contributed by atoms with Gasteiger partial charge in [-0.25, -0.2) is 9.78 Å². The first-order chi connectivity index (χ1) is 15.9. The molecule has 0 aliphatic carbocycles. The summed E-state index contributed by atoms with van der Waals surface area (Å²) in [4.78, 5) is 48.7. The minimum absolute atomic E-state index is 0.0759. The van der Waals surface area contributed by atoms with Gasteiger partial charge in [0.25, 0.3) is 5.56 Å². The van der Waals surface area contributed by atoms with Crippen LogP contribution in [0.25, 0.3) is 10.3 Å². The molecule has 1 amide bonds. The lowest BCUT2D eigenvalue weighted by Gasteiger charge is -2.14. The second kappa shape index (κ2) is 9.92. The molecule has 174 valence electrons. The van der Waals surface area contributed by atoms with Crippen LogP contribution >= 0.6 is 23.1 Å². The van der Waals surface area contributed by atoms with E-state index < -0.39 is 5.97 Å². The Hall–Kier alpha value is -2.92. The average molecular weight is 488 g/mol. The molecule has 0 saturated carbocycles. The van der Waals surface area contributed by atoms with Crippen LogP contribution < -0.4 is 15.8 Å². The molecule has 0 unspecified atom stereocenters. The van der Waals surface area contributed by atoms with Crippen molar-refractivity contribution >= 4 is 56.1 Å². The Balaban J connectivity index is 1.51. The molecular weight excluding hydrogens is 462 g/mol. The third-order valence-electron chi connectivity index (χ3n) is 5.23. The molecule has 4 rings (SSSR count). The van der Waals surface area contributed by atoms with Crippen LogP contribution in [0.15, 0.2) is 34.2 Å². The van der Waals surface area contributed by atoms with Crippen LogP contribution in [0.1, 0.15) is 43.1 Å². The van der Waals surface area contributed by atoms with Crippen molar-refractivity contribution in [3.8, 4) is 0 Å². The zero-order valence-corrected chi connectivity index (χ0v) is 20.3. The van der Waals surface area contributed by atoms with E-state index >= 15 is 0 Å². The molecule has 0 radical (unpaired) electrons. The highest BCUT2D eigenvalue weighted by Crippen LogP contribution is 2.30. The topological polar surface area (TPSA) is 106 Å². The van der Waals surface area contributed by atoms with E-state index in [2.05, 4.69) is 24.9 Å². The van der Waals surface area contributed by atoms with Gasteiger partial charge in [0.2, 0.25) is 5.91 Å². The van der Waals surface area contributed by atoms with Gasteiger partial charge in [-0.2, -0.15) is 4.98 Å². The highest BCUT2D eigenvalue weighted by molar-refractivity contribution is 7.99. The number of nitrogens with zero attached hydrogens (tertiary/aromatic N) is 4. The molecule has 0 atom stereocenters. The lowest BCUT2D eigenvalue weighted by atomic mass is 10.2. The summed E-state index contributed by atoms with van der Waals surface area (Å²) >= 11 is 2.59. The third-order valence-corrected chi connectivity index (χ3v) is 7.28. The number of hydrogen-bond acceptors (Lipinski definition) is 9. The second-order valence-corrected chi connectivity index (χ2v) is 9.83. The molecule has 2 aromatic heterocycles. The van der Waals surface area contributed by atoms with Crippen LogP contribution in [0, 0.1) is 0 Å². The number of esters is 1. The van der Waals surface area contributed by atoms with Gasteiger partial charge in [0.1, 0.15) is 4.70 Å². The van der Waals surface area contributed by atoms with Crippen molar-refractivity contribution in [1.29, 1.82) is 0 Å². The van der Waals surface area contributed by atoms with Crippen molar-refractivity contribution in [2.45, 2.75) is 37.9 Å². The zero-order valence-electron chi connectivity index (χ0n) is 18.7. The third kappa shape index (κ3) is 5.03. The predicted octanol–water partition coefficient (Wildman–Crippen LogP) is 3.55.